The Balaban J connectivity index is 0.00000312. The molecule has 0 aliphatic heterocycles. The minimum absolute atomic E-state index is 0. The van der Waals surface area contributed by atoms with Gasteiger partial charge in [0.2, 0.25) is 0 Å². The van der Waals surface area contributed by atoms with E-state index in [4.69, 9.17) is 9.47 Å². The van der Waals surface area contributed by atoms with Gasteiger partial charge in [-0.1, -0.05) is 12.1 Å². The first-order valence-electron chi connectivity index (χ1n) is 7.86. The van der Waals surface area contributed by atoms with Crippen LogP contribution in [0.3, 0.4) is 0 Å². The van der Waals surface area contributed by atoms with E-state index < -0.39 is 0 Å². The quantitative estimate of drug-likeness (QED) is 0.381. The number of hydrogen-bond acceptors (Lipinski definition) is 4. The largest absolute Gasteiger partial charge is 0.497 e. The van der Waals surface area contributed by atoms with Crippen LogP contribution < -0.4 is 20.1 Å². The standard InChI is InChI=1S/C18H24N4O2.HI/c1-14(24-17-9-6-8-16(11-17)23-3)12-21-18(19-2)22-13-15-7-4-5-10-20-15;/h4-11,14H,12-13H2,1-3H3,(H2,19,21,22);1H. The fraction of sp³-hybridized carbons (Fsp3) is 0.333. The van der Waals surface area contributed by atoms with Gasteiger partial charge in [-0.3, -0.25) is 9.98 Å². The van der Waals surface area contributed by atoms with Crippen LogP contribution in [0.25, 0.3) is 0 Å². The summed E-state index contributed by atoms with van der Waals surface area (Å²) in [6, 6.07) is 13.4. The van der Waals surface area contributed by atoms with Crippen molar-refractivity contribution < 1.29 is 9.47 Å². The number of ether oxygens (including phenoxy) is 2. The molecule has 0 spiro atoms. The first kappa shape index (κ1) is 21.0. The Kier molecular flexibility index (Phi) is 9.68. The van der Waals surface area contributed by atoms with Gasteiger partial charge in [0.1, 0.15) is 17.6 Å². The van der Waals surface area contributed by atoms with Crippen LogP contribution in [-0.4, -0.2) is 37.7 Å². The highest BCUT2D eigenvalue weighted by Gasteiger charge is 2.06. The van der Waals surface area contributed by atoms with Gasteiger partial charge in [0, 0.05) is 19.3 Å². The zero-order chi connectivity index (χ0) is 17.2. The summed E-state index contributed by atoms with van der Waals surface area (Å²) in [5, 5.41) is 6.47. The SMILES string of the molecule is CN=C(NCc1ccccn1)NCC(C)Oc1cccc(OC)c1.I. The van der Waals surface area contributed by atoms with Crippen molar-refractivity contribution in [3.05, 3.63) is 54.4 Å². The summed E-state index contributed by atoms with van der Waals surface area (Å²) >= 11 is 0. The molecule has 0 radical (unpaired) electrons. The molecule has 1 aromatic heterocycles. The molecule has 1 atom stereocenters. The molecule has 1 heterocycles. The normalized spacial score (nSPS) is 11.9. The van der Waals surface area contributed by atoms with Crippen LogP contribution in [0.2, 0.25) is 0 Å². The molecule has 0 saturated carbocycles. The first-order chi connectivity index (χ1) is 11.7. The highest BCUT2D eigenvalue weighted by atomic mass is 127. The predicted molar refractivity (Wildman–Crippen MR) is 111 cm³/mol. The van der Waals surface area contributed by atoms with Crippen LogP contribution in [-0.2, 0) is 6.54 Å². The Hall–Kier alpha value is -2.03. The van der Waals surface area contributed by atoms with Crippen LogP contribution in [0, 0.1) is 0 Å². The van der Waals surface area contributed by atoms with Gasteiger partial charge in [-0.2, -0.15) is 0 Å². The van der Waals surface area contributed by atoms with Gasteiger partial charge in [0.25, 0.3) is 0 Å². The van der Waals surface area contributed by atoms with Gasteiger partial charge in [0.15, 0.2) is 5.96 Å². The molecule has 2 N–H and O–H groups in total. The van der Waals surface area contributed by atoms with Crippen LogP contribution in [0.15, 0.2) is 53.7 Å². The number of nitrogens with one attached hydrogen (secondary N) is 2. The molecule has 0 aliphatic carbocycles. The second kappa shape index (κ2) is 11.5. The number of aromatic nitrogens is 1. The van der Waals surface area contributed by atoms with Crippen LogP contribution in [0.5, 0.6) is 11.5 Å². The summed E-state index contributed by atoms with van der Waals surface area (Å²) in [6.45, 7) is 3.24. The maximum absolute atomic E-state index is 5.88. The molecule has 1 unspecified atom stereocenters. The predicted octanol–water partition coefficient (Wildman–Crippen LogP) is 2.84. The highest BCUT2D eigenvalue weighted by molar-refractivity contribution is 14.0. The number of hydrogen-bond donors (Lipinski definition) is 2. The molecule has 2 aromatic rings. The number of pyridine rings is 1. The Morgan fingerprint density at radius 2 is 1.96 bits per heavy atom. The second-order valence-corrected chi connectivity index (χ2v) is 5.24. The Bertz CT molecular complexity index is 653. The number of nitrogens with zero attached hydrogens (tertiary/aromatic N) is 2. The minimum Gasteiger partial charge on any atom is -0.497 e. The zero-order valence-electron chi connectivity index (χ0n) is 14.7. The topological polar surface area (TPSA) is 67.8 Å². The molecule has 136 valence electrons. The molecule has 2 rings (SSSR count). The Morgan fingerprint density at radius 3 is 2.64 bits per heavy atom. The molecule has 0 saturated heterocycles. The third-order valence-electron chi connectivity index (χ3n) is 3.32. The fourth-order valence-electron chi connectivity index (χ4n) is 2.09. The molecule has 0 bridgehead atoms. The Labute approximate surface area is 166 Å². The van der Waals surface area contributed by atoms with Crippen molar-refractivity contribution in [1.82, 2.24) is 15.6 Å². The number of benzene rings is 1. The maximum Gasteiger partial charge on any atom is 0.191 e. The van der Waals surface area contributed by atoms with E-state index in [0.717, 1.165) is 17.2 Å². The van der Waals surface area contributed by atoms with E-state index in [9.17, 15) is 0 Å². The van der Waals surface area contributed by atoms with Crippen molar-refractivity contribution in [2.75, 3.05) is 20.7 Å². The molecule has 6 nitrogen and oxygen atoms in total. The summed E-state index contributed by atoms with van der Waals surface area (Å²) in [4.78, 5) is 8.47. The van der Waals surface area contributed by atoms with Gasteiger partial charge in [0.05, 0.1) is 25.9 Å². The fourth-order valence-corrected chi connectivity index (χ4v) is 2.09. The van der Waals surface area contributed by atoms with E-state index in [1.165, 1.54) is 0 Å². The summed E-state index contributed by atoms with van der Waals surface area (Å²) in [5.41, 5.74) is 0.959. The Morgan fingerprint density at radius 1 is 1.16 bits per heavy atom. The smallest absolute Gasteiger partial charge is 0.191 e. The number of aliphatic imine (C=N–C) groups is 1. The van der Waals surface area contributed by atoms with Crippen molar-refractivity contribution in [3.63, 3.8) is 0 Å². The van der Waals surface area contributed by atoms with Gasteiger partial charge in [-0.15, -0.1) is 24.0 Å². The van der Waals surface area contributed by atoms with Crippen LogP contribution in [0.4, 0.5) is 0 Å². The lowest BCUT2D eigenvalue weighted by atomic mass is 10.3. The molecule has 0 fully saturated rings. The average Bonchev–Trinajstić information content (AvgIpc) is 2.63. The number of methoxy groups -OCH3 is 1. The van der Waals surface area contributed by atoms with Gasteiger partial charge >= 0.3 is 0 Å². The lowest BCUT2D eigenvalue weighted by molar-refractivity contribution is 0.223. The summed E-state index contributed by atoms with van der Waals surface area (Å²) < 4.78 is 11.1. The highest BCUT2D eigenvalue weighted by Crippen LogP contribution is 2.19. The minimum atomic E-state index is -0.0227. The molecular formula is C18H25IN4O2. The summed E-state index contributed by atoms with van der Waals surface area (Å²) in [5.74, 6) is 2.27. The monoisotopic (exact) mass is 456 g/mol. The molecule has 0 aliphatic rings. The van der Waals surface area contributed by atoms with E-state index in [1.807, 2.05) is 49.4 Å². The van der Waals surface area contributed by atoms with Gasteiger partial charge in [-0.25, -0.2) is 0 Å². The van der Waals surface area contributed by atoms with Crippen molar-refractivity contribution in [2.45, 2.75) is 19.6 Å². The summed E-state index contributed by atoms with van der Waals surface area (Å²) in [7, 11) is 3.38. The maximum atomic E-state index is 5.88. The third kappa shape index (κ3) is 7.59. The number of halogens is 1. The number of guanidine groups is 1. The molecular weight excluding hydrogens is 431 g/mol. The molecule has 7 heteroatoms. The molecule has 25 heavy (non-hydrogen) atoms. The van der Waals surface area contributed by atoms with Crippen molar-refractivity contribution in [3.8, 4) is 11.5 Å². The van der Waals surface area contributed by atoms with E-state index in [-0.39, 0.29) is 30.1 Å². The first-order valence-corrected chi connectivity index (χ1v) is 7.86. The van der Waals surface area contributed by atoms with Crippen LogP contribution >= 0.6 is 24.0 Å². The van der Waals surface area contributed by atoms with Crippen LogP contribution in [0.1, 0.15) is 12.6 Å². The average molecular weight is 456 g/mol. The van der Waals surface area contributed by atoms with Gasteiger partial charge in [-0.05, 0) is 31.2 Å². The lowest BCUT2D eigenvalue weighted by Crippen LogP contribution is -2.41. The van der Waals surface area contributed by atoms with E-state index in [2.05, 4.69) is 20.6 Å². The van der Waals surface area contributed by atoms with Crippen molar-refractivity contribution in [2.24, 2.45) is 4.99 Å². The van der Waals surface area contributed by atoms with Gasteiger partial charge < -0.3 is 20.1 Å². The lowest BCUT2D eigenvalue weighted by Gasteiger charge is -2.18. The molecule has 0 amide bonds. The zero-order valence-corrected chi connectivity index (χ0v) is 17.1. The molecule has 1 aromatic carbocycles. The van der Waals surface area contributed by atoms with E-state index >= 15 is 0 Å². The van der Waals surface area contributed by atoms with E-state index in [0.29, 0.717) is 19.0 Å². The third-order valence-corrected chi connectivity index (χ3v) is 3.32. The number of rotatable bonds is 7. The van der Waals surface area contributed by atoms with E-state index in [1.54, 1.807) is 20.4 Å². The summed E-state index contributed by atoms with van der Waals surface area (Å²) in [6.07, 6.45) is 1.75. The second-order valence-electron chi connectivity index (χ2n) is 5.24. The van der Waals surface area contributed by atoms with Crippen molar-refractivity contribution in [1.29, 1.82) is 0 Å². The van der Waals surface area contributed by atoms with Crippen molar-refractivity contribution >= 4 is 29.9 Å².